The first-order valence-corrected chi connectivity index (χ1v) is 13.5. The topological polar surface area (TPSA) is 95.1 Å². The van der Waals surface area contributed by atoms with Gasteiger partial charge in [-0.3, -0.25) is 10.2 Å². The number of likely N-dealkylation sites (tertiary alicyclic amines) is 1. The minimum absolute atomic E-state index is 0.148. The van der Waals surface area contributed by atoms with Gasteiger partial charge in [-0.15, -0.1) is 6.58 Å². The van der Waals surface area contributed by atoms with E-state index in [0.717, 1.165) is 18.8 Å². The van der Waals surface area contributed by atoms with Gasteiger partial charge in [-0.1, -0.05) is 12.2 Å². The highest BCUT2D eigenvalue weighted by Crippen LogP contribution is 2.42. The summed E-state index contributed by atoms with van der Waals surface area (Å²) < 4.78 is 2.96. The van der Waals surface area contributed by atoms with E-state index in [2.05, 4.69) is 63.8 Å². The lowest BCUT2D eigenvalue weighted by Crippen LogP contribution is -2.46. The van der Waals surface area contributed by atoms with Gasteiger partial charge in [0.25, 0.3) is 5.56 Å². The Kier molecular flexibility index (Phi) is 7.21. The molecule has 0 radical (unpaired) electrons. The molecule has 3 aromatic rings. The molecule has 0 aliphatic carbocycles. The highest BCUT2D eigenvalue weighted by Gasteiger charge is 2.37. The summed E-state index contributed by atoms with van der Waals surface area (Å²) in [5.41, 5.74) is 4.05. The summed E-state index contributed by atoms with van der Waals surface area (Å²) in [5, 5.41) is 12.1. The van der Waals surface area contributed by atoms with Crippen molar-refractivity contribution in [2.45, 2.75) is 46.1 Å². The monoisotopic (exact) mass is 514 g/mol. The van der Waals surface area contributed by atoms with Crippen molar-refractivity contribution in [3.8, 4) is 0 Å². The quantitative estimate of drug-likeness (QED) is 0.285. The van der Waals surface area contributed by atoms with Crippen LogP contribution in [-0.2, 0) is 6.54 Å². The predicted molar refractivity (Wildman–Crippen MR) is 155 cm³/mol. The molecule has 2 aliphatic heterocycles. The highest BCUT2D eigenvalue weighted by atomic mass is 16.1. The molecule has 4 heterocycles. The molecule has 9 heteroatoms. The Hall–Kier alpha value is -3.72. The highest BCUT2D eigenvalue weighted by molar-refractivity contribution is 5.97. The Balaban J connectivity index is 1.35. The Morgan fingerprint density at radius 3 is 2.55 bits per heavy atom. The summed E-state index contributed by atoms with van der Waals surface area (Å²) in [6.07, 6.45) is 11.7. The number of anilines is 3. The molecule has 1 aromatic carbocycles. The Morgan fingerprint density at radius 1 is 1.18 bits per heavy atom. The number of rotatable bonds is 6. The van der Waals surface area contributed by atoms with Crippen molar-refractivity contribution in [3.05, 3.63) is 65.1 Å². The lowest BCUT2D eigenvalue weighted by molar-refractivity contribution is 0.0944. The van der Waals surface area contributed by atoms with E-state index >= 15 is 0 Å². The third kappa shape index (κ3) is 4.90. The summed E-state index contributed by atoms with van der Waals surface area (Å²) in [5.74, 6) is 0.527. The number of fused-ring (bicyclic) bond motifs is 1. The largest absolute Gasteiger partial charge is 0.371 e. The van der Waals surface area contributed by atoms with Crippen LogP contribution in [0.4, 0.5) is 17.3 Å². The summed E-state index contributed by atoms with van der Waals surface area (Å²) >= 11 is 0. The number of benzene rings is 1. The van der Waals surface area contributed by atoms with Gasteiger partial charge in [0.2, 0.25) is 5.95 Å². The van der Waals surface area contributed by atoms with E-state index in [9.17, 15) is 4.79 Å². The predicted octanol–water partition coefficient (Wildman–Crippen LogP) is 4.54. The second-order valence-corrected chi connectivity index (χ2v) is 10.7. The summed E-state index contributed by atoms with van der Waals surface area (Å²) in [7, 11) is 2.23. The maximum Gasteiger partial charge on any atom is 0.278 e. The molecular formula is C29H38N8O. The van der Waals surface area contributed by atoms with Crippen molar-refractivity contribution in [3.63, 3.8) is 0 Å². The fourth-order valence-corrected chi connectivity index (χ4v) is 5.88. The van der Waals surface area contributed by atoms with Crippen molar-refractivity contribution in [1.82, 2.24) is 24.2 Å². The zero-order chi connectivity index (χ0) is 26.9. The van der Waals surface area contributed by atoms with Crippen LogP contribution in [0.3, 0.4) is 0 Å². The normalized spacial score (nSPS) is 17.9. The second-order valence-electron chi connectivity index (χ2n) is 10.7. The average molecular weight is 515 g/mol. The fraction of sp³-hybridized carbons (Fsp3) is 0.448. The van der Waals surface area contributed by atoms with Gasteiger partial charge in [0.1, 0.15) is 11.2 Å². The molecule has 38 heavy (non-hydrogen) atoms. The second kappa shape index (κ2) is 10.6. The van der Waals surface area contributed by atoms with Crippen LogP contribution in [0.1, 0.15) is 38.2 Å². The zero-order valence-corrected chi connectivity index (χ0v) is 22.7. The van der Waals surface area contributed by atoms with E-state index in [-0.39, 0.29) is 17.9 Å². The first kappa shape index (κ1) is 25.9. The fourth-order valence-electron chi connectivity index (χ4n) is 5.88. The van der Waals surface area contributed by atoms with Crippen LogP contribution in [0.25, 0.3) is 11.0 Å². The number of hydrogen-bond donors (Lipinski definition) is 2. The number of aromatic nitrogens is 4. The molecule has 1 spiro atoms. The van der Waals surface area contributed by atoms with Crippen molar-refractivity contribution >= 4 is 34.2 Å². The number of aryl methyl sites for hydroxylation is 1. The van der Waals surface area contributed by atoms with Crippen molar-refractivity contribution < 1.29 is 0 Å². The summed E-state index contributed by atoms with van der Waals surface area (Å²) in [4.78, 5) is 26.9. The number of hydrogen-bond acceptors (Lipinski definition) is 7. The standard InChI is InChI=1S/C29H38N8O/c1-5-7-25(30)37-26-23(27(38)36(37)14-6-2)20-31-28(33-26)32-22-8-9-24(21(3)19-22)35-17-12-29(13-18-35)10-15-34(4)16-11-29/h5-9,19-20,30H,2,10-18H2,1,3-4H3,(H,31,32,33)/b7-5-,30-25?. The van der Waals surface area contributed by atoms with E-state index < -0.39 is 0 Å². The Morgan fingerprint density at radius 2 is 1.89 bits per heavy atom. The average Bonchev–Trinajstić information content (AvgIpc) is 3.18. The van der Waals surface area contributed by atoms with Gasteiger partial charge in [-0.05, 0) is 94.9 Å². The molecule has 2 saturated heterocycles. The van der Waals surface area contributed by atoms with Crippen molar-refractivity contribution in [1.29, 1.82) is 5.41 Å². The molecule has 0 atom stereocenters. The Bertz CT molecular complexity index is 1430. The molecule has 2 N–H and O–H groups in total. The van der Waals surface area contributed by atoms with E-state index in [1.165, 1.54) is 65.6 Å². The first-order chi connectivity index (χ1) is 18.3. The van der Waals surface area contributed by atoms with Gasteiger partial charge in [0.05, 0.1) is 6.54 Å². The molecule has 2 aliphatic rings. The van der Waals surface area contributed by atoms with Crippen LogP contribution in [0.2, 0.25) is 0 Å². The molecule has 0 bridgehead atoms. The van der Waals surface area contributed by atoms with Crippen LogP contribution in [-0.4, -0.2) is 63.3 Å². The van der Waals surface area contributed by atoms with Crippen molar-refractivity contribution in [2.75, 3.05) is 43.4 Å². The maximum absolute atomic E-state index is 12.9. The van der Waals surface area contributed by atoms with E-state index in [0.29, 0.717) is 22.4 Å². The molecule has 0 unspecified atom stereocenters. The molecule has 9 nitrogen and oxygen atoms in total. The number of nitrogens with zero attached hydrogens (tertiary/aromatic N) is 6. The molecular weight excluding hydrogens is 476 g/mol. The lowest BCUT2D eigenvalue weighted by atomic mass is 9.71. The van der Waals surface area contributed by atoms with Gasteiger partial charge in [-0.25, -0.2) is 14.3 Å². The first-order valence-electron chi connectivity index (χ1n) is 13.5. The summed E-state index contributed by atoms with van der Waals surface area (Å²) in [6.45, 7) is 12.7. The third-order valence-corrected chi connectivity index (χ3v) is 8.20. The minimum Gasteiger partial charge on any atom is -0.371 e. The third-order valence-electron chi connectivity index (χ3n) is 8.20. The SMILES string of the molecule is C=CCn1c(=O)c2cnc(Nc3ccc(N4CCC5(CCN(C)CC5)CC4)c(C)c3)nc2n1C(=N)/C=C\C. The van der Waals surface area contributed by atoms with Crippen LogP contribution < -0.4 is 15.8 Å². The zero-order valence-electron chi connectivity index (χ0n) is 22.7. The van der Waals surface area contributed by atoms with Gasteiger partial charge in [0.15, 0.2) is 5.65 Å². The smallest absolute Gasteiger partial charge is 0.278 e. The van der Waals surface area contributed by atoms with Crippen LogP contribution in [0, 0.1) is 17.7 Å². The molecule has 200 valence electrons. The van der Waals surface area contributed by atoms with Crippen LogP contribution in [0.5, 0.6) is 0 Å². The lowest BCUT2D eigenvalue weighted by Gasteiger charge is -2.47. The van der Waals surface area contributed by atoms with Crippen molar-refractivity contribution in [2.24, 2.45) is 5.41 Å². The molecule has 2 aromatic heterocycles. The van der Waals surface area contributed by atoms with Crippen LogP contribution in [0.15, 0.2) is 54.0 Å². The summed E-state index contributed by atoms with van der Waals surface area (Å²) in [6, 6.07) is 6.37. The molecule has 0 amide bonds. The minimum atomic E-state index is -0.246. The van der Waals surface area contributed by atoms with Crippen LogP contribution >= 0.6 is 0 Å². The van der Waals surface area contributed by atoms with Gasteiger partial charge in [-0.2, -0.15) is 4.98 Å². The van der Waals surface area contributed by atoms with E-state index in [1.54, 1.807) is 18.2 Å². The molecule has 5 rings (SSSR count). The number of nitrogens with one attached hydrogen (secondary N) is 2. The van der Waals surface area contributed by atoms with Gasteiger partial charge in [0, 0.05) is 30.7 Å². The van der Waals surface area contributed by atoms with E-state index in [4.69, 9.17) is 5.41 Å². The number of piperidine rings is 2. The van der Waals surface area contributed by atoms with Gasteiger partial charge >= 0.3 is 0 Å². The molecule has 2 fully saturated rings. The molecule has 0 saturated carbocycles. The maximum atomic E-state index is 12.9. The number of allylic oxidation sites excluding steroid dienone is 3. The van der Waals surface area contributed by atoms with Gasteiger partial charge < -0.3 is 15.1 Å². The Labute approximate surface area is 224 Å². The van der Waals surface area contributed by atoms with E-state index in [1.807, 2.05) is 6.92 Å².